The molecule has 12 N–H and O–H groups in total. The Bertz CT molecular complexity index is 835. The van der Waals surface area contributed by atoms with Crippen LogP contribution in [0.5, 0.6) is 0 Å². The lowest BCUT2D eigenvalue weighted by atomic mass is 9.97. The number of aliphatic hydroxyl groups excluding tert-OH is 6. The molecular formula is C18H34N3O17P. The Morgan fingerprint density at radius 1 is 0.872 bits per heavy atom. The molecule has 39 heavy (non-hydrogen) atoms. The first-order valence-electron chi connectivity index (χ1n) is 11.5. The van der Waals surface area contributed by atoms with Crippen LogP contribution in [0, 0.1) is 0 Å². The number of hydrogen-bond acceptors (Lipinski definition) is 16. The van der Waals surface area contributed by atoms with Gasteiger partial charge in [0.25, 0.3) is 5.91 Å². The predicted octanol–water partition coefficient (Wildman–Crippen LogP) is -6.44. The number of carbonyl (C=O) groups is 2. The first kappa shape index (κ1) is 33.8. The molecule has 2 aliphatic heterocycles. The van der Waals surface area contributed by atoms with Gasteiger partial charge >= 0.3 is 7.82 Å². The van der Waals surface area contributed by atoms with Gasteiger partial charge in [-0.2, -0.15) is 0 Å². The van der Waals surface area contributed by atoms with Crippen LogP contribution < -0.4 is 16.7 Å². The summed E-state index contributed by atoms with van der Waals surface area (Å²) in [5, 5.41) is 60.8. The monoisotopic (exact) mass is 595 g/mol. The molecule has 2 saturated heterocycles. The van der Waals surface area contributed by atoms with Gasteiger partial charge in [-0.3, -0.25) is 29.8 Å². The summed E-state index contributed by atoms with van der Waals surface area (Å²) in [4.78, 5) is 44.9. The Morgan fingerprint density at radius 2 is 1.49 bits per heavy atom. The van der Waals surface area contributed by atoms with E-state index < -0.39 is 101 Å². The highest BCUT2D eigenvalue weighted by atomic mass is 31.2. The minimum absolute atomic E-state index is 0.0410. The van der Waals surface area contributed by atoms with Gasteiger partial charge in [-0.05, 0) is 6.42 Å². The molecule has 228 valence electrons. The number of nitrogens with one attached hydrogen (secondary N) is 2. The summed E-state index contributed by atoms with van der Waals surface area (Å²) < 4.78 is 37.0. The summed E-state index contributed by atoms with van der Waals surface area (Å²) in [6.07, 6.45) is -17.4. The van der Waals surface area contributed by atoms with E-state index in [1.165, 1.54) is 0 Å². The first-order valence-corrected chi connectivity index (χ1v) is 13.0. The molecule has 0 aromatic carbocycles. The quantitative estimate of drug-likeness (QED) is 0.0535. The molecule has 0 aromatic heterocycles. The van der Waals surface area contributed by atoms with Gasteiger partial charge < -0.3 is 59.4 Å². The van der Waals surface area contributed by atoms with Crippen molar-refractivity contribution >= 4 is 19.6 Å². The lowest BCUT2D eigenvalue weighted by Gasteiger charge is -2.46. The van der Waals surface area contributed by atoms with Crippen LogP contribution in [0.3, 0.4) is 0 Å². The third-order valence-electron chi connectivity index (χ3n) is 5.58. The van der Waals surface area contributed by atoms with E-state index in [2.05, 4.69) is 14.8 Å². The molecule has 4 unspecified atom stereocenters. The third kappa shape index (κ3) is 10.2. The molecule has 10 atom stereocenters. The van der Waals surface area contributed by atoms with Crippen molar-refractivity contribution in [2.24, 2.45) is 5.90 Å². The molecule has 0 saturated carbocycles. The zero-order valence-corrected chi connectivity index (χ0v) is 21.2. The normalized spacial score (nSPS) is 35.4. The number of hydrogen-bond donors (Lipinski definition) is 11. The fraction of sp³-hybridized carbons (Fsp3) is 0.889. The number of rotatable bonds is 13. The summed E-state index contributed by atoms with van der Waals surface area (Å²) in [5.41, 5.74) is 4.13. The first-order chi connectivity index (χ1) is 18.3. The maximum Gasteiger partial charge on any atom is 0.469 e. The van der Waals surface area contributed by atoms with E-state index in [-0.39, 0.29) is 19.4 Å². The number of ether oxygens (including phenoxy) is 4. The van der Waals surface area contributed by atoms with E-state index in [9.17, 15) is 44.8 Å². The van der Waals surface area contributed by atoms with Gasteiger partial charge in [0.15, 0.2) is 12.6 Å². The van der Waals surface area contributed by atoms with Gasteiger partial charge in [0.05, 0.1) is 19.8 Å². The molecule has 0 radical (unpaired) electrons. The number of hydrazine groups is 1. The molecule has 0 spiro atoms. The average Bonchev–Trinajstić information content (AvgIpc) is 2.88. The number of phosphoric ester groups is 1. The molecule has 2 fully saturated rings. The van der Waals surface area contributed by atoms with Gasteiger partial charge in [-0.25, -0.2) is 10.5 Å². The SMILES string of the molecule is NOCC(=O)NNC(=O)CCCO[C@@H]1OC(CO)[C@@H](O)[C@H](O)C1O[C@H]1OC(COP(=O)(O)O)[C@@H](O)[C@H](O)C1O. The highest BCUT2D eigenvalue weighted by Crippen LogP contribution is 2.37. The molecule has 2 rings (SSSR count). The Labute approximate surface area is 220 Å². The minimum Gasteiger partial charge on any atom is -0.394 e. The lowest BCUT2D eigenvalue weighted by molar-refractivity contribution is -0.367. The summed E-state index contributed by atoms with van der Waals surface area (Å²) >= 11 is 0. The van der Waals surface area contributed by atoms with E-state index in [0.29, 0.717) is 0 Å². The summed E-state index contributed by atoms with van der Waals surface area (Å²) in [6, 6.07) is 0. The van der Waals surface area contributed by atoms with Crippen molar-refractivity contribution in [2.45, 2.75) is 74.3 Å². The fourth-order valence-corrected chi connectivity index (χ4v) is 3.91. The number of aliphatic hydroxyl groups is 6. The van der Waals surface area contributed by atoms with Gasteiger partial charge in [0, 0.05) is 6.42 Å². The smallest absolute Gasteiger partial charge is 0.394 e. The second kappa shape index (κ2) is 15.5. The molecule has 2 amide bonds. The molecular weight excluding hydrogens is 561 g/mol. The van der Waals surface area contributed by atoms with Crippen LogP contribution >= 0.6 is 7.82 Å². The number of phosphoric acid groups is 1. The van der Waals surface area contributed by atoms with Gasteiger partial charge in [0.2, 0.25) is 5.91 Å². The average molecular weight is 595 g/mol. The van der Waals surface area contributed by atoms with Gasteiger partial charge in [-0.15, -0.1) is 0 Å². The predicted molar refractivity (Wildman–Crippen MR) is 119 cm³/mol. The highest BCUT2D eigenvalue weighted by molar-refractivity contribution is 7.46. The number of nitrogens with two attached hydrogens (primary N) is 1. The molecule has 2 heterocycles. The van der Waals surface area contributed by atoms with Crippen LogP contribution in [0.1, 0.15) is 12.8 Å². The molecule has 2 aliphatic rings. The molecule has 0 bridgehead atoms. The summed E-state index contributed by atoms with van der Waals surface area (Å²) in [7, 11) is -5.00. The van der Waals surface area contributed by atoms with Crippen LogP contribution in [0.2, 0.25) is 0 Å². The van der Waals surface area contributed by atoms with Crippen molar-refractivity contribution in [3.8, 4) is 0 Å². The standard InChI is InChI=1S/C18H34N3O17P/c19-34-6-10(24)21-20-9(23)2-1-3-33-18-16(14(28)11(25)7(4-22)36-18)38-17-15(29)13(27)12(26)8(37-17)5-35-39(30,31)32/h7-8,11-18,22,25-29H,1-6,19H2,(H,20,23)(H,21,24)(H2,30,31,32)/t7?,8?,11-,12-,13+,14+,15?,16?,17-,18-/m1/s1. The third-order valence-corrected chi connectivity index (χ3v) is 6.06. The lowest BCUT2D eigenvalue weighted by Crippen LogP contribution is -2.64. The minimum atomic E-state index is -5.00. The van der Waals surface area contributed by atoms with Crippen LogP contribution in [0.4, 0.5) is 0 Å². The largest absolute Gasteiger partial charge is 0.469 e. The molecule has 21 heteroatoms. The number of amides is 2. The van der Waals surface area contributed by atoms with Gasteiger partial charge in [0.1, 0.15) is 55.4 Å². The van der Waals surface area contributed by atoms with Crippen molar-refractivity contribution < 1.29 is 82.9 Å². The maximum absolute atomic E-state index is 11.8. The van der Waals surface area contributed by atoms with Crippen LogP contribution in [-0.4, -0.2) is 140 Å². The van der Waals surface area contributed by atoms with Gasteiger partial charge in [-0.1, -0.05) is 0 Å². The Hall–Kier alpha value is -1.43. The van der Waals surface area contributed by atoms with Crippen LogP contribution in [0.15, 0.2) is 0 Å². The van der Waals surface area contributed by atoms with E-state index in [4.69, 9.17) is 34.6 Å². The van der Waals surface area contributed by atoms with Crippen molar-refractivity contribution in [3.63, 3.8) is 0 Å². The van der Waals surface area contributed by atoms with E-state index >= 15 is 0 Å². The van der Waals surface area contributed by atoms with Crippen molar-refractivity contribution in [2.75, 3.05) is 26.4 Å². The molecule has 0 aromatic rings. The topological polar surface area (TPSA) is 319 Å². The zero-order chi connectivity index (χ0) is 29.3. The number of carbonyl (C=O) groups excluding carboxylic acids is 2. The van der Waals surface area contributed by atoms with Crippen LogP contribution in [0.25, 0.3) is 0 Å². The van der Waals surface area contributed by atoms with Crippen molar-refractivity contribution in [1.29, 1.82) is 0 Å². The Kier molecular flexibility index (Phi) is 13.5. The molecule has 0 aliphatic carbocycles. The highest BCUT2D eigenvalue weighted by Gasteiger charge is 2.51. The second-order valence-electron chi connectivity index (χ2n) is 8.49. The zero-order valence-electron chi connectivity index (χ0n) is 20.3. The second-order valence-corrected chi connectivity index (χ2v) is 9.73. The van der Waals surface area contributed by atoms with E-state index in [1.54, 1.807) is 0 Å². The summed E-state index contributed by atoms with van der Waals surface area (Å²) in [6.45, 7) is -2.37. The van der Waals surface area contributed by atoms with Crippen molar-refractivity contribution in [3.05, 3.63) is 0 Å². The fourth-order valence-electron chi connectivity index (χ4n) is 3.57. The van der Waals surface area contributed by atoms with Crippen molar-refractivity contribution in [1.82, 2.24) is 10.9 Å². The van der Waals surface area contributed by atoms with E-state index in [0.717, 1.165) is 0 Å². The Balaban J connectivity index is 2.02. The molecule has 20 nitrogen and oxygen atoms in total. The summed E-state index contributed by atoms with van der Waals surface area (Å²) in [5.74, 6) is 3.41. The maximum atomic E-state index is 11.8. The van der Waals surface area contributed by atoms with E-state index in [1.807, 2.05) is 5.43 Å². The van der Waals surface area contributed by atoms with Crippen LogP contribution in [-0.2, 0) is 42.5 Å². The Morgan fingerprint density at radius 3 is 2.10 bits per heavy atom.